The van der Waals surface area contributed by atoms with Crippen LogP contribution >= 0.6 is 0 Å². The van der Waals surface area contributed by atoms with Crippen LogP contribution in [-0.2, 0) is 80.4 Å². The van der Waals surface area contributed by atoms with Gasteiger partial charge in [0.25, 0.3) is 0 Å². The van der Waals surface area contributed by atoms with E-state index in [1.165, 1.54) is 72.0 Å². The summed E-state index contributed by atoms with van der Waals surface area (Å²) in [5, 5.41) is 2.38. The average Bonchev–Trinajstić information content (AvgIpc) is 0.766. The predicted molar refractivity (Wildman–Crippen MR) is 536 cm³/mol. The first-order valence-electron chi connectivity index (χ1n) is 45.1. The number of benzene rings is 13. The SMILES string of the molecule is Cc1cc(-c2[c-]cccc2)ncc1-c1ccccc1.Cc1cc(-c2[c-]cccc2)ncc1-c1ccccc1.Cc1cc(-c2[c-]cccc2)ncc1-c1ccccc1.Cc1ccc[c-]c1-c1ccccn1.Cc1cccnc1-c1[c-]cccc1.[2H]c1c([2H])c([2H])c(-c2cnc(-c3[c-]cccc3)cc2C)c([2H])c1[2H].[Ir].[Ir].[Ir].[Ir].[c-]1ccccc1-c1cc2ccccc2cn1.[c-]1ccccc1-c1ccccn1. The van der Waals surface area contributed by atoms with E-state index < -0.39 is 6.04 Å². The number of hydrogen-bond donors (Lipinski definition) is 0. The molecular weight excluding hydrogens is 2350 g/mol. The van der Waals surface area contributed by atoms with E-state index in [2.05, 4.69) is 208 Å². The molecule has 8 heterocycles. The number of nitrogens with zero attached hydrogens (tertiary/aromatic N) is 8. The number of hydrogen-bond acceptors (Lipinski definition) is 8. The molecular formula is C122H94Ir4N8-8. The quantitative estimate of drug-likeness (QED) is 0.111. The molecule has 0 unspecified atom stereocenters. The van der Waals surface area contributed by atoms with E-state index in [-0.39, 0.29) is 110 Å². The molecule has 0 N–H and O–H groups in total. The third-order valence-corrected chi connectivity index (χ3v) is 20.6. The van der Waals surface area contributed by atoms with Crippen molar-refractivity contribution in [1.29, 1.82) is 0 Å². The fraction of sp³-hybridized carbons (Fsp3) is 0.0492. The van der Waals surface area contributed by atoms with Crippen LogP contribution in [-0.4, -0.2) is 39.9 Å². The van der Waals surface area contributed by atoms with Gasteiger partial charge in [-0.15, -0.1) is 287 Å². The molecule has 0 saturated heterocycles. The van der Waals surface area contributed by atoms with Crippen molar-refractivity contribution in [3.63, 3.8) is 0 Å². The zero-order chi connectivity index (χ0) is 93.9. The van der Waals surface area contributed by atoms with Crippen LogP contribution in [0.15, 0.2) is 462 Å². The molecule has 134 heavy (non-hydrogen) atoms. The van der Waals surface area contributed by atoms with Crippen LogP contribution in [0.4, 0.5) is 0 Å². The number of fused-ring (bicyclic) bond motifs is 1. The zero-order valence-corrected chi connectivity index (χ0v) is 84.0. The maximum atomic E-state index is 8.08. The molecule has 0 fully saturated rings. The number of rotatable bonds is 12. The van der Waals surface area contributed by atoms with Gasteiger partial charge in [0, 0.05) is 152 Å². The fourth-order valence-electron chi connectivity index (χ4n) is 13.9. The van der Waals surface area contributed by atoms with E-state index >= 15 is 0 Å². The molecule has 0 amide bonds. The van der Waals surface area contributed by atoms with Gasteiger partial charge in [-0.1, -0.05) is 219 Å². The Labute approximate surface area is 850 Å². The average molecular weight is 2450 g/mol. The van der Waals surface area contributed by atoms with Gasteiger partial charge in [-0.2, -0.15) is 0 Å². The number of aromatic nitrogens is 8. The first-order chi connectivity index (χ1) is 66.1. The first-order valence-corrected chi connectivity index (χ1v) is 42.6. The molecule has 0 aliphatic rings. The Morgan fingerprint density at radius 3 is 0.843 bits per heavy atom. The summed E-state index contributed by atoms with van der Waals surface area (Å²) in [6, 6.07) is 150. The summed E-state index contributed by atoms with van der Waals surface area (Å²) in [6.07, 6.45) is 14.7. The van der Waals surface area contributed by atoms with Crippen molar-refractivity contribution in [3.8, 4) is 135 Å². The van der Waals surface area contributed by atoms with Crippen molar-refractivity contribution >= 4 is 10.8 Å². The van der Waals surface area contributed by atoms with Crippen LogP contribution in [0.5, 0.6) is 0 Å². The fourth-order valence-corrected chi connectivity index (χ4v) is 13.9. The normalized spacial score (nSPS) is 10.4. The summed E-state index contributed by atoms with van der Waals surface area (Å²) in [7, 11) is 0. The second kappa shape index (κ2) is 54.7. The summed E-state index contributed by atoms with van der Waals surface area (Å²) < 4.78 is 39.4. The molecule has 0 spiro atoms. The standard InChI is InChI=1S/4C18H14N.C15H10N.2C12H10N.C11H8N.4Ir/c4*1-14-12-18(16-10-6-3-7-11-16)19-13-17(14)15-8-4-2-5-9-15;1-2-6-12(7-3-1)15-10-13-8-4-5-9-14(13)11-16-15;1-10-6-2-3-7-11(10)12-8-4-5-9-13-12;1-10-6-5-9-13-12(10)11-7-3-2-4-8-11;1-2-6-10(7-3-1)11-8-4-5-9-12-11;;;;/h4*2-10,12-13H,1H3;1-6,8-11H;2-6,8-9H,1H3;2-7,9H,1H3;1-6,8-9H;;;;/q8*-1;;;;/i2D,4D,5D,8D,9D;;;;;;;;;;;. The van der Waals surface area contributed by atoms with Crippen molar-refractivity contribution in [2.24, 2.45) is 0 Å². The second-order valence-electron chi connectivity index (χ2n) is 29.8. The van der Waals surface area contributed by atoms with Gasteiger partial charge in [0.1, 0.15) is 0 Å². The van der Waals surface area contributed by atoms with E-state index in [1.54, 1.807) is 24.7 Å². The smallest absolute Gasteiger partial charge is 0.0629 e. The van der Waals surface area contributed by atoms with Crippen LogP contribution < -0.4 is 0 Å². The minimum absolute atomic E-state index is 0. The van der Waals surface area contributed by atoms with Crippen molar-refractivity contribution in [2.75, 3.05) is 0 Å². The van der Waals surface area contributed by atoms with Gasteiger partial charge in [-0.3, -0.25) is 0 Å². The summed E-state index contributed by atoms with van der Waals surface area (Å²) >= 11 is 0. The van der Waals surface area contributed by atoms with Gasteiger partial charge in [0.05, 0.1) is 6.85 Å². The molecule has 0 bridgehead atoms. The maximum absolute atomic E-state index is 8.08. The molecule has 666 valence electrons. The Kier molecular flexibility index (Phi) is 38.6. The van der Waals surface area contributed by atoms with Crippen LogP contribution in [0.1, 0.15) is 40.2 Å². The molecule has 0 saturated carbocycles. The molecule has 8 aromatic heterocycles. The molecule has 0 atom stereocenters. The first kappa shape index (κ1) is 94.6. The van der Waals surface area contributed by atoms with Gasteiger partial charge in [-0.25, -0.2) is 0 Å². The van der Waals surface area contributed by atoms with Crippen molar-refractivity contribution in [2.45, 2.75) is 41.5 Å². The van der Waals surface area contributed by atoms with Crippen LogP contribution in [0, 0.1) is 90.1 Å². The van der Waals surface area contributed by atoms with Crippen molar-refractivity contribution in [1.82, 2.24) is 39.9 Å². The molecule has 12 heteroatoms. The largest absolute Gasteiger partial charge is 0.305 e. The molecule has 21 rings (SSSR count). The Balaban J connectivity index is 0.000000164. The van der Waals surface area contributed by atoms with Gasteiger partial charge >= 0.3 is 0 Å². The Morgan fingerprint density at radius 2 is 0.500 bits per heavy atom. The Morgan fingerprint density at radius 1 is 0.201 bits per heavy atom. The molecule has 4 radical (unpaired) electrons. The number of aryl methyl sites for hydroxylation is 6. The van der Waals surface area contributed by atoms with E-state index in [4.69, 9.17) is 6.85 Å². The van der Waals surface area contributed by atoms with Crippen LogP contribution in [0.2, 0.25) is 0 Å². The topological polar surface area (TPSA) is 103 Å². The summed E-state index contributed by atoms with van der Waals surface area (Å²) in [6.45, 7) is 12.3. The van der Waals surface area contributed by atoms with Gasteiger partial charge < -0.3 is 39.9 Å². The molecule has 0 aliphatic heterocycles. The second-order valence-corrected chi connectivity index (χ2v) is 29.8. The maximum Gasteiger partial charge on any atom is 0.0629 e. The van der Waals surface area contributed by atoms with Crippen LogP contribution in [0.25, 0.3) is 145 Å². The van der Waals surface area contributed by atoms with Crippen molar-refractivity contribution in [3.05, 3.63) is 544 Å². The minimum Gasteiger partial charge on any atom is -0.305 e. The Hall–Kier alpha value is -14.1. The van der Waals surface area contributed by atoms with Gasteiger partial charge in [0.15, 0.2) is 0 Å². The monoisotopic (exact) mass is 2450 g/mol. The molecule has 13 aromatic carbocycles. The van der Waals surface area contributed by atoms with E-state index in [0.29, 0.717) is 5.56 Å². The summed E-state index contributed by atoms with van der Waals surface area (Å²) in [4.78, 5) is 35.3. The number of pyridine rings is 8. The van der Waals surface area contributed by atoms with E-state index in [1.807, 2.05) is 329 Å². The van der Waals surface area contributed by atoms with Gasteiger partial charge in [-0.05, 0) is 154 Å². The minimum atomic E-state index is -0.394. The summed E-state index contributed by atoms with van der Waals surface area (Å²) in [5.41, 5.74) is 30.5. The van der Waals surface area contributed by atoms with Gasteiger partial charge in [0.2, 0.25) is 0 Å². The Bertz CT molecular complexity index is 6880. The molecule has 21 aromatic rings. The molecule has 0 aliphatic carbocycles. The van der Waals surface area contributed by atoms with E-state index in [0.717, 1.165) is 95.6 Å². The predicted octanol–water partition coefficient (Wildman–Crippen LogP) is 30.1. The van der Waals surface area contributed by atoms with Crippen LogP contribution in [0.3, 0.4) is 0 Å². The molecule has 8 nitrogen and oxygen atoms in total. The zero-order valence-electron chi connectivity index (χ0n) is 79.4. The van der Waals surface area contributed by atoms with E-state index in [9.17, 15) is 0 Å². The third kappa shape index (κ3) is 30.0. The summed E-state index contributed by atoms with van der Waals surface area (Å²) in [5.74, 6) is 0. The van der Waals surface area contributed by atoms with Crippen molar-refractivity contribution < 1.29 is 87.3 Å². The third-order valence-electron chi connectivity index (χ3n) is 20.6.